The van der Waals surface area contributed by atoms with Crippen LogP contribution in [-0.2, 0) is 11.3 Å². The number of aromatic nitrogens is 4. The molecular weight excluding hydrogens is 322 g/mol. The summed E-state index contributed by atoms with van der Waals surface area (Å²) in [5.74, 6) is 0.110. The lowest BCUT2D eigenvalue weighted by Gasteiger charge is -2.32. The van der Waals surface area contributed by atoms with Crippen molar-refractivity contribution in [3.8, 4) is 0 Å². The van der Waals surface area contributed by atoms with E-state index < -0.39 is 0 Å². The van der Waals surface area contributed by atoms with Gasteiger partial charge in [0.15, 0.2) is 0 Å². The fourth-order valence-corrected chi connectivity index (χ4v) is 3.51. The van der Waals surface area contributed by atoms with Gasteiger partial charge in [-0.25, -0.2) is 4.68 Å². The first kappa shape index (κ1) is 18.4. The molecule has 24 heavy (non-hydrogen) atoms. The number of carbonyl (C=O) groups excluding carboxylic acids is 1. The van der Waals surface area contributed by atoms with Crippen molar-refractivity contribution in [2.24, 2.45) is 0 Å². The third-order valence-electron chi connectivity index (χ3n) is 3.67. The second-order valence-electron chi connectivity index (χ2n) is 6.30. The predicted octanol–water partition coefficient (Wildman–Crippen LogP) is 2.85. The van der Waals surface area contributed by atoms with Crippen molar-refractivity contribution in [3.63, 3.8) is 0 Å². The zero-order valence-electron chi connectivity index (χ0n) is 14.9. The average molecular weight is 347 g/mol. The molecule has 1 aromatic heterocycles. The van der Waals surface area contributed by atoms with E-state index in [4.69, 9.17) is 0 Å². The van der Waals surface area contributed by atoms with Crippen LogP contribution >= 0.6 is 11.8 Å². The number of benzene rings is 1. The Morgan fingerprint density at radius 2 is 1.75 bits per heavy atom. The molecule has 2 aromatic rings. The molecule has 0 aliphatic carbocycles. The molecule has 2 rings (SSSR count). The third kappa shape index (κ3) is 4.56. The number of tetrazole rings is 1. The Labute approximate surface area is 147 Å². The first-order valence-electron chi connectivity index (χ1n) is 8.19. The van der Waals surface area contributed by atoms with E-state index in [9.17, 15) is 4.79 Å². The van der Waals surface area contributed by atoms with Gasteiger partial charge in [0.25, 0.3) is 0 Å². The van der Waals surface area contributed by atoms with E-state index in [0.29, 0.717) is 11.7 Å². The van der Waals surface area contributed by atoms with Crippen LogP contribution < -0.4 is 0 Å². The first-order chi connectivity index (χ1) is 11.4. The van der Waals surface area contributed by atoms with E-state index in [0.717, 1.165) is 5.56 Å². The largest absolute Gasteiger partial charge is 0.337 e. The summed E-state index contributed by atoms with van der Waals surface area (Å²) in [7, 11) is 0. The van der Waals surface area contributed by atoms with Gasteiger partial charge in [-0.1, -0.05) is 42.1 Å². The Hall–Kier alpha value is -1.89. The van der Waals surface area contributed by atoms with E-state index in [1.807, 2.05) is 69.9 Å². The molecule has 0 saturated carbocycles. The summed E-state index contributed by atoms with van der Waals surface area (Å²) >= 11 is 1.40. The molecule has 0 spiro atoms. The van der Waals surface area contributed by atoms with Crippen molar-refractivity contribution in [1.82, 2.24) is 25.1 Å². The second-order valence-corrected chi connectivity index (χ2v) is 7.61. The molecule has 1 aromatic carbocycles. The van der Waals surface area contributed by atoms with E-state index in [-0.39, 0.29) is 23.2 Å². The van der Waals surface area contributed by atoms with Crippen molar-refractivity contribution in [2.45, 2.75) is 63.7 Å². The number of hydrogen-bond acceptors (Lipinski definition) is 5. The smallest absolute Gasteiger partial charge is 0.236 e. The maximum absolute atomic E-state index is 12.7. The van der Waals surface area contributed by atoms with Crippen molar-refractivity contribution < 1.29 is 4.79 Å². The molecule has 0 aliphatic heterocycles. The van der Waals surface area contributed by atoms with Crippen molar-refractivity contribution in [3.05, 3.63) is 35.9 Å². The van der Waals surface area contributed by atoms with Crippen LogP contribution in [0.1, 0.15) is 40.2 Å². The molecule has 7 heteroatoms. The molecule has 0 aliphatic rings. The Balaban J connectivity index is 2.08. The highest BCUT2D eigenvalue weighted by Crippen LogP contribution is 2.24. The Kier molecular flexibility index (Phi) is 6.36. The lowest BCUT2D eigenvalue weighted by atomic mass is 10.2. The monoisotopic (exact) mass is 347 g/mol. The van der Waals surface area contributed by atoms with E-state index in [2.05, 4.69) is 15.5 Å². The second kappa shape index (κ2) is 8.28. The fraction of sp³-hybridized carbons (Fsp3) is 0.529. The molecule has 0 fully saturated rings. The van der Waals surface area contributed by atoms with Crippen LogP contribution in [0.15, 0.2) is 35.5 Å². The zero-order valence-corrected chi connectivity index (χ0v) is 15.7. The molecule has 1 amide bonds. The summed E-state index contributed by atoms with van der Waals surface area (Å²) in [4.78, 5) is 14.7. The van der Waals surface area contributed by atoms with Crippen LogP contribution in [0.4, 0.5) is 0 Å². The van der Waals surface area contributed by atoms with Crippen LogP contribution in [-0.4, -0.2) is 48.3 Å². The van der Waals surface area contributed by atoms with Gasteiger partial charge in [-0.05, 0) is 50.6 Å². The van der Waals surface area contributed by atoms with Gasteiger partial charge in [0.05, 0.1) is 11.8 Å². The number of carbonyl (C=O) groups is 1. The molecule has 1 unspecified atom stereocenters. The van der Waals surface area contributed by atoms with Crippen LogP contribution in [0.25, 0.3) is 0 Å². The van der Waals surface area contributed by atoms with Crippen LogP contribution in [0, 0.1) is 0 Å². The minimum absolute atomic E-state index is 0.110. The maximum atomic E-state index is 12.7. The molecule has 0 bridgehead atoms. The summed E-state index contributed by atoms with van der Waals surface area (Å²) in [6, 6.07) is 10.4. The normalized spacial score (nSPS) is 12.6. The molecular formula is C17H25N5OS. The average Bonchev–Trinajstić information content (AvgIpc) is 2.94. The fourth-order valence-electron chi connectivity index (χ4n) is 2.66. The number of amides is 1. The summed E-state index contributed by atoms with van der Waals surface area (Å²) in [5.41, 5.74) is 1.12. The summed E-state index contributed by atoms with van der Waals surface area (Å²) in [6.07, 6.45) is 0. The van der Waals surface area contributed by atoms with Crippen molar-refractivity contribution in [1.29, 1.82) is 0 Å². The van der Waals surface area contributed by atoms with Gasteiger partial charge in [0.1, 0.15) is 0 Å². The number of rotatable bonds is 7. The highest BCUT2D eigenvalue weighted by Gasteiger charge is 2.27. The van der Waals surface area contributed by atoms with Gasteiger partial charge < -0.3 is 4.90 Å². The molecule has 0 radical (unpaired) electrons. The van der Waals surface area contributed by atoms with Crippen molar-refractivity contribution in [2.75, 3.05) is 0 Å². The number of hydrogen-bond donors (Lipinski definition) is 0. The van der Waals surface area contributed by atoms with E-state index >= 15 is 0 Å². The lowest BCUT2D eigenvalue weighted by molar-refractivity contribution is -0.133. The first-order valence-corrected chi connectivity index (χ1v) is 9.07. The minimum atomic E-state index is -0.240. The van der Waals surface area contributed by atoms with E-state index in [1.54, 1.807) is 4.68 Å². The standard InChI is InChI=1S/C17H25N5OS/c1-12(2)22(13(3)4)16(23)14(5)24-17-18-19-20-21(17)11-15-9-7-6-8-10-15/h6-10,12-14H,11H2,1-5H3. The van der Waals surface area contributed by atoms with E-state index in [1.165, 1.54) is 11.8 Å². The topological polar surface area (TPSA) is 63.9 Å². The maximum Gasteiger partial charge on any atom is 0.236 e. The minimum Gasteiger partial charge on any atom is -0.337 e. The third-order valence-corrected chi connectivity index (χ3v) is 4.73. The van der Waals surface area contributed by atoms with Gasteiger partial charge >= 0.3 is 0 Å². The highest BCUT2D eigenvalue weighted by atomic mass is 32.2. The molecule has 1 atom stereocenters. The van der Waals surface area contributed by atoms with Crippen LogP contribution in [0.3, 0.4) is 0 Å². The molecule has 0 N–H and O–H groups in total. The molecule has 130 valence electrons. The summed E-state index contributed by atoms with van der Waals surface area (Å²) in [5, 5.41) is 12.3. The lowest BCUT2D eigenvalue weighted by Crippen LogP contribution is -2.45. The van der Waals surface area contributed by atoms with Gasteiger partial charge in [-0.2, -0.15) is 0 Å². The summed E-state index contributed by atoms with van der Waals surface area (Å²) in [6.45, 7) is 10.6. The Morgan fingerprint density at radius 3 is 2.33 bits per heavy atom. The molecule has 0 saturated heterocycles. The zero-order chi connectivity index (χ0) is 17.7. The van der Waals surface area contributed by atoms with Gasteiger partial charge in [-0.3, -0.25) is 4.79 Å². The van der Waals surface area contributed by atoms with Gasteiger partial charge in [-0.15, -0.1) is 5.10 Å². The summed E-state index contributed by atoms with van der Waals surface area (Å²) < 4.78 is 1.73. The number of thioether (sulfide) groups is 1. The van der Waals surface area contributed by atoms with Crippen molar-refractivity contribution >= 4 is 17.7 Å². The Morgan fingerprint density at radius 1 is 1.12 bits per heavy atom. The van der Waals surface area contributed by atoms with Gasteiger partial charge in [0, 0.05) is 12.1 Å². The van der Waals surface area contributed by atoms with Crippen LogP contribution in [0.2, 0.25) is 0 Å². The highest BCUT2D eigenvalue weighted by molar-refractivity contribution is 8.00. The van der Waals surface area contributed by atoms with Gasteiger partial charge in [0.2, 0.25) is 11.1 Å². The number of nitrogens with zero attached hydrogens (tertiary/aromatic N) is 5. The predicted molar refractivity (Wildman–Crippen MR) is 95.8 cm³/mol. The molecule has 1 heterocycles. The quantitative estimate of drug-likeness (QED) is 0.721. The molecule has 6 nitrogen and oxygen atoms in total. The Bertz CT molecular complexity index is 648. The SMILES string of the molecule is CC(Sc1nnnn1Cc1ccccc1)C(=O)N(C(C)C)C(C)C. The van der Waals surface area contributed by atoms with Crippen LogP contribution in [0.5, 0.6) is 0 Å².